The first-order valence-electron chi connectivity index (χ1n) is 8.60. The quantitative estimate of drug-likeness (QED) is 0.521. The predicted molar refractivity (Wildman–Crippen MR) is 112 cm³/mol. The van der Waals surface area contributed by atoms with Crippen LogP contribution in [0, 0.1) is 0 Å². The van der Waals surface area contributed by atoms with Crippen LogP contribution in [0.25, 0.3) is 11.3 Å². The van der Waals surface area contributed by atoms with Crippen LogP contribution >= 0.6 is 23.4 Å². The van der Waals surface area contributed by atoms with Crippen LogP contribution in [0.3, 0.4) is 0 Å². The van der Waals surface area contributed by atoms with Crippen molar-refractivity contribution in [3.05, 3.63) is 47.2 Å². The maximum atomic E-state index is 11.4. The van der Waals surface area contributed by atoms with E-state index in [1.54, 1.807) is 23.9 Å². The van der Waals surface area contributed by atoms with Gasteiger partial charge in [-0.15, -0.1) is 32.2 Å². The van der Waals surface area contributed by atoms with Gasteiger partial charge in [-0.3, -0.25) is 0 Å². The number of carboxylic acids is 1. The van der Waals surface area contributed by atoms with Crippen LogP contribution in [0.1, 0.15) is 24.3 Å². The number of methoxy groups -OCH3 is 1. The van der Waals surface area contributed by atoms with Gasteiger partial charge in [-0.25, -0.2) is 4.79 Å². The molecule has 0 unspecified atom stereocenters. The van der Waals surface area contributed by atoms with E-state index in [9.17, 15) is 9.90 Å². The summed E-state index contributed by atoms with van der Waals surface area (Å²) in [6.07, 6.45) is 0. The average Bonchev–Trinajstić information content (AvgIpc) is 2.68. The zero-order valence-corrected chi connectivity index (χ0v) is 17.5. The van der Waals surface area contributed by atoms with Gasteiger partial charge >= 0.3 is 5.97 Å². The molecule has 150 valence electrons. The van der Waals surface area contributed by atoms with Gasteiger partial charge in [0.25, 0.3) is 0 Å². The van der Waals surface area contributed by atoms with Crippen molar-refractivity contribution in [1.82, 2.24) is 20.4 Å². The van der Waals surface area contributed by atoms with Crippen LogP contribution < -0.4 is 10.1 Å². The maximum Gasteiger partial charge on any atom is 0.358 e. The van der Waals surface area contributed by atoms with E-state index in [1.165, 1.54) is 13.2 Å². The van der Waals surface area contributed by atoms with E-state index in [1.807, 2.05) is 18.2 Å². The van der Waals surface area contributed by atoms with Crippen LogP contribution in [0.15, 0.2) is 41.4 Å². The summed E-state index contributed by atoms with van der Waals surface area (Å²) >= 11 is 7.51. The molecular weight excluding hydrogens is 414 g/mol. The molecule has 1 aromatic carbocycles. The Balaban J connectivity index is 1.99. The Labute approximate surface area is 176 Å². The van der Waals surface area contributed by atoms with Gasteiger partial charge in [-0.05, 0) is 24.3 Å². The summed E-state index contributed by atoms with van der Waals surface area (Å²) in [5.41, 5.74) is 1.80. The lowest BCUT2D eigenvalue weighted by Crippen LogP contribution is -2.08. The second kappa shape index (κ2) is 9.06. The van der Waals surface area contributed by atoms with Crippen LogP contribution in [0.5, 0.6) is 5.75 Å². The highest BCUT2D eigenvalue weighted by Crippen LogP contribution is 2.37. The number of halogens is 1. The first-order chi connectivity index (χ1) is 13.9. The fourth-order valence-electron chi connectivity index (χ4n) is 2.59. The Morgan fingerprint density at radius 1 is 1.14 bits per heavy atom. The van der Waals surface area contributed by atoms with Crippen molar-refractivity contribution in [3.63, 3.8) is 0 Å². The minimum absolute atomic E-state index is 0.0664. The molecule has 0 aliphatic carbocycles. The molecule has 8 nitrogen and oxygen atoms in total. The van der Waals surface area contributed by atoms with Crippen LogP contribution in [-0.2, 0) is 0 Å². The summed E-state index contributed by atoms with van der Waals surface area (Å²) < 4.78 is 5.58. The van der Waals surface area contributed by atoms with Crippen LogP contribution in [-0.4, -0.2) is 43.8 Å². The number of rotatable bonds is 7. The molecule has 0 fully saturated rings. The van der Waals surface area contributed by atoms with Gasteiger partial charge in [0.1, 0.15) is 5.03 Å². The number of para-hydroxylation sites is 1. The minimum Gasteiger partial charge on any atom is -0.494 e. The highest BCUT2D eigenvalue weighted by Gasteiger charge is 2.18. The summed E-state index contributed by atoms with van der Waals surface area (Å²) in [7, 11) is 1.52. The van der Waals surface area contributed by atoms with Crippen molar-refractivity contribution in [2.45, 2.75) is 24.1 Å². The van der Waals surface area contributed by atoms with E-state index < -0.39 is 5.97 Å². The number of aromatic nitrogens is 4. The Hall–Kier alpha value is -2.91. The number of carboxylic acid groups (broad SMARTS) is 1. The minimum atomic E-state index is -1.23. The molecule has 0 saturated heterocycles. The highest BCUT2D eigenvalue weighted by molar-refractivity contribution is 7.99. The van der Waals surface area contributed by atoms with Crippen LogP contribution in [0.4, 0.5) is 11.4 Å². The number of hydrogen-bond acceptors (Lipinski definition) is 8. The number of benzene rings is 1. The number of nitrogens with one attached hydrogen (secondary N) is 1. The summed E-state index contributed by atoms with van der Waals surface area (Å²) in [5.74, 6) is -0.744. The number of ether oxygens (including phenoxy) is 1. The number of hydrogen-bond donors (Lipinski definition) is 2. The van der Waals surface area contributed by atoms with Gasteiger partial charge in [-0.2, -0.15) is 0 Å². The van der Waals surface area contributed by atoms with E-state index in [0.717, 1.165) is 5.03 Å². The third-order valence-electron chi connectivity index (χ3n) is 3.73. The summed E-state index contributed by atoms with van der Waals surface area (Å²) in [6, 6.07) is 10.6. The van der Waals surface area contributed by atoms with E-state index >= 15 is 0 Å². The number of nitrogens with zero attached hydrogens (tertiary/aromatic N) is 4. The number of carbonyl (C=O) groups is 1. The van der Waals surface area contributed by atoms with Gasteiger partial charge in [0.05, 0.1) is 24.2 Å². The van der Waals surface area contributed by atoms with E-state index in [0.29, 0.717) is 27.9 Å². The predicted octanol–water partition coefficient (Wildman–Crippen LogP) is 4.54. The normalized spacial score (nSPS) is 10.8. The molecule has 10 heteroatoms. The molecule has 3 rings (SSSR count). The standard InChI is InChI=1S/C19H18ClN5O3S/c1-10(2)29-16-8-7-12(22-24-16)11-5-4-6-13(18(11)28-3)21-14-9-15(20)23-25-17(14)19(26)27/h4-10H,1-3H3,(H,21,23)(H,26,27). The fourth-order valence-corrected chi connectivity index (χ4v) is 3.46. The molecular formula is C19H18ClN5O3S. The topological polar surface area (TPSA) is 110 Å². The van der Waals surface area contributed by atoms with Crippen molar-refractivity contribution in [3.8, 4) is 17.0 Å². The SMILES string of the molecule is COc1c(Nc2cc(Cl)nnc2C(=O)O)cccc1-c1ccc(SC(C)C)nn1. The Morgan fingerprint density at radius 3 is 2.55 bits per heavy atom. The molecule has 0 saturated carbocycles. The van der Waals surface area contributed by atoms with E-state index in [2.05, 4.69) is 39.6 Å². The molecule has 0 aliphatic rings. The lowest BCUT2D eigenvalue weighted by Gasteiger charge is -2.15. The molecule has 0 spiro atoms. The smallest absolute Gasteiger partial charge is 0.358 e. The third-order valence-corrected chi connectivity index (χ3v) is 4.84. The summed E-state index contributed by atoms with van der Waals surface area (Å²) in [4.78, 5) is 11.4. The van der Waals surface area contributed by atoms with Crippen molar-refractivity contribution < 1.29 is 14.6 Å². The molecule has 3 aromatic rings. The molecule has 0 radical (unpaired) electrons. The zero-order chi connectivity index (χ0) is 21.0. The summed E-state index contributed by atoms with van der Waals surface area (Å²) in [5, 5.41) is 29.4. The molecule has 0 amide bonds. The van der Waals surface area contributed by atoms with Crippen molar-refractivity contribution in [2.24, 2.45) is 0 Å². The highest BCUT2D eigenvalue weighted by atomic mass is 35.5. The first kappa shape index (κ1) is 20.8. The van der Waals surface area contributed by atoms with Crippen molar-refractivity contribution in [1.29, 1.82) is 0 Å². The van der Waals surface area contributed by atoms with Gasteiger partial charge < -0.3 is 15.2 Å². The monoisotopic (exact) mass is 431 g/mol. The molecule has 2 heterocycles. The third kappa shape index (κ3) is 4.93. The summed E-state index contributed by atoms with van der Waals surface area (Å²) in [6.45, 7) is 4.17. The lowest BCUT2D eigenvalue weighted by molar-refractivity contribution is 0.0690. The van der Waals surface area contributed by atoms with E-state index in [-0.39, 0.29) is 16.5 Å². The number of thioether (sulfide) groups is 1. The van der Waals surface area contributed by atoms with Crippen LogP contribution in [0.2, 0.25) is 5.15 Å². The van der Waals surface area contributed by atoms with Gasteiger partial charge in [-0.1, -0.05) is 31.5 Å². The molecule has 2 aromatic heterocycles. The first-order valence-corrected chi connectivity index (χ1v) is 9.86. The molecule has 0 bridgehead atoms. The van der Waals surface area contributed by atoms with Gasteiger partial charge in [0.2, 0.25) is 0 Å². The molecule has 29 heavy (non-hydrogen) atoms. The van der Waals surface area contributed by atoms with Gasteiger partial charge in [0.15, 0.2) is 16.6 Å². The fraction of sp³-hybridized carbons (Fsp3) is 0.211. The Morgan fingerprint density at radius 2 is 1.93 bits per heavy atom. The molecule has 2 N–H and O–H groups in total. The Kier molecular flexibility index (Phi) is 6.50. The largest absolute Gasteiger partial charge is 0.494 e. The van der Waals surface area contributed by atoms with Crippen molar-refractivity contribution in [2.75, 3.05) is 12.4 Å². The molecule has 0 atom stereocenters. The number of anilines is 2. The average molecular weight is 432 g/mol. The van der Waals surface area contributed by atoms with Gasteiger partial charge in [0, 0.05) is 16.9 Å². The number of aromatic carboxylic acids is 1. The second-order valence-electron chi connectivity index (χ2n) is 6.17. The lowest BCUT2D eigenvalue weighted by atomic mass is 10.1. The maximum absolute atomic E-state index is 11.4. The van der Waals surface area contributed by atoms with E-state index in [4.69, 9.17) is 16.3 Å². The second-order valence-corrected chi connectivity index (χ2v) is 8.15. The Bertz CT molecular complexity index is 1030. The zero-order valence-electron chi connectivity index (χ0n) is 15.9. The molecule has 0 aliphatic heterocycles. The van der Waals surface area contributed by atoms with Crippen molar-refractivity contribution >= 4 is 40.7 Å².